The molecule has 8 heteroatoms. The molecular weight excluding hydrogens is 306 g/mol. The topological polar surface area (TPSA) is 126 Å². The molecule has 1 aliphatic rings. The summed E-state index contributed by atoms with van der Waals surface area (Å²) < 4.78 is 29.9. The number of benzene rings is 1. The van der Waals surface area contributed by atoms with E-state index >= 15 is 0 Å². The van der Waals surface area contributed by atoms with Crippen LogP contribution in [0.5, 0.6) is 5.75 Å². The van der Waals surface area contributed by atoms with Gasteiger partial charge in [-0.25, -0.2) is 8.42 Å². The highest BCUT2D eigenvalue weighted by Gasteiger charge is 2.29. The molecule has 22 heavy (non-hydrogen) atoms. The minimum Gasteiger partial charge on any atom is -0.497 e. The molecule has 0 bridgehead atoms. The van der Waals surface area contributed by atoms with Crippen molar-refractivity contribution >= 4 is 21.3 Å². The lowest BCUT2D eigenvalue weighted by atomic mass is 10.1. The number of allylic oxidation sites excluding steroid dienone is 4. The molecule has 0 unspecified atom stereocenters. The van der Waals surface area contributed by atoms with Crippen LogP contribution >= 0.6 is 0 Å². The van der Waals surface area contributed by atoms with Gasteiger partial charge in [0.15, 0.2) is 15.5 Å². The lowest BCUT2D eigenvalue weighted by Crippen LogP contribution is -2.29. The lowest BCUT2D eigenvalue weighted by Gasteiger charge is -2.15. The lowest BCUT2D eigenvalue weighted by molar-refractivity contribution is 0.320. The van der Waals surface area contributed by atoms with Crippen LogP contribution in [-0.4, -0.2) is 32.2 Å². The number of hydrogen-bond donors (Lipinski definition) is 3. The molecule has 1 aliphatic carbocycles. The van der Waals surface area contributed by atoms with Gasteiger partial charge in [0.05, 0.1) is 23.5 Å². The molecule has 7 nitrogen and oxygen atoms in total. The molecule has 0 amide bonds. The Morgan fingerprint density at radius 3 is 2.45 bits per heavy atom. The first-order chi connectivity index (χ1) is 10.4. The summed E-state index contributed by atoms with van der Waals surface area (Å²) in [6, 6.07) is 6.58. The van der Waals surface area contributed by atoms with Gasteiger partial charge in [0.2, 0.25) is 0 Å². The van der Waals surface area contributed by atoms with Crippen molar-refractivity contribution in [1.29, 1.82) is 5.41 Å². The van der Waals surface area contributed by atoms with Crippen molar-refractivity contribution in [1.82, 2.24) is 0 Å². The van der Waals surface area contributed by atoms with E-state index in [1.54, 1.807) is 24.3 Å². The van der Waals surface area contributed by atoms with E-state index in [0.717, 1.165) is 0 Å². The number of ether oxygens (including phenoxy) is 1. The number of hydrogen-bond acceptors (Lipinski definition) is 7. The van der Waals surface area contributed by atoms with Crippen LogP contribution in [0.4, 0.5) is 0 Å². The number of nitrogens with one attached hydrogen (secondary N) is 1. The fourth-order valence-electron chi connectivity index (χ4n) is 1.97. The van der Waals surface area contributed by atoms with Crippen molar-refractivity contribution in [3.8, 4) is 5.75 Å². The largest absolute Gasteiger partial charge is 0.497 e. The SMILES string of the molecule is COc1ccc(CS(=O)(=O)C2=CC=C(N)/C(=N/O)C2=N)cc1. The third-order valence-electron chi connectivity index (χ3n) is 3.12. The van der Waals surface area contributed by atoms with E-state index in [0.29, 0.717) is 11.3 Å². The summed E-state index contributed by atoms with van der Waals surface area (Å²) in [4.78, 5) is -0.231. The number of methoxy groups -OCH3 is 1. The maximum absolute atomic E-state index is 12.4. The van der Waals surface area contributed by atoms with Gasteiger partial charge in [0.1, 0.15) is 11.5 Å². The zero-order valence-electron chi connectivity index (χ0n) is 11.8. The predicted molar refractivity (Wildman–Crippen MR) is 82.9 cm³/mol. The predicted octanol–water partition coefficient (Wildman–Crippen LogP) is 1.20. The van der Waals surface area contributed by atoms with Crippen LogP contribution in [0.2, 0.25) is 0 Å². The van der Waals surface area contributed by atoms with E-state index in [-0.39, 0.29) is 22.1 Å². The van der Waals surface area contributed by atoms with Crippen molar-refractivity contribution in [2.45, 2.75) is 5.75 Å². The Balaban J connectivity index is 2.32. The van der Waals surface area contributed by atoms with Crippen LogP contribution in [0.1, 0.15) is 5.56 Å². The molecule has 116 valence electrons. The summed E-state index contributed by atoms with van der Waals surface area (Å²) in [5, 5.41) is 19.6. The second-order valence-corrected chi connectivity index (χ2v) is 6.54. The highest BCUT2D eigenvalue weighted by atomic mass is 32.2. The van der Waals surface area contributed by atoms with E-state index in [2.05, 4.69) is 5.16 Å². The Hall–Kier alpha value is -2.61. The fourth-order valence-corrected chi connectivity index (χ4v) is 3.44. The number of rotatable bonds is 4. The molecule has 1 aromatic carbocycles. The summed E-state index contributed by atoms with van der Waals surface area (Å²) in [7, 11) is -2.25. The molecule has 4 N–H and O–H groups in total. The Labute approximate surface area is 127 Å². The van der Waals surface area contributed by atoms with Gasteiger partial charge < -0.3 is 15.7 Å². The summed E-state index contributed by atoms with van der Waals surface area (Å²) in [5.41, 5.74) is 5.46. The zero-order chi connectivity index (χ0) is 16.3. The number of sulfone groups is 1. The van der Waals surface area contributed by atoms with Crippen LogP contribution in [0.15, 0.2) is 52.2 Å². The Morgan fingerprint density at radius 2 is 1.91 bits per heavy atom. The van der Waals surface area contributed by atoms with Gasteiger partial charge in [-0.3, -0.25) is 5.41 Å². The van der Waals surface area contributed by atoms with Crippen LogP contribution in [-0.2, 0) is 15.6 Å². The maximum atomic E-state index is 12.4. The normalized spacial score (nSPS) is 17.1. The van der Waals surface area contributed by atoms with Gasteiger partial charge in [0, 0.05) is 0 Å². The fraction of sp³-hybridized carbons (Fsp3) is 0.143. The van der Waals surface area contributed by atoms with Gasteiger partial charge in [-0.05, 0) is 29.8 Å². The second kappa shape index (κ2) is 6.02. The van der Waals surface area contributed by atoms with Crippen molar-refractivity contribution < 1.29 is 18.4 Å². The van der Waals surface area contributed by atoms with E-state index in [1.807, 2.05) is 0 Å². The second-order valence-electron chi connectivity index (χ2n) is 4.58. The monoisotopic (exact) mass is 321 g/mol. The van der Waals surface area contributed by atoms with Crippen molar-refractivity contribution in [2.24, 2.45) is 10.9 Å². The first kappa shape index (κ1) is 15.8. The first-order valence-corrected chi connectivity index (χ1v) is 7.89. The maximum Gasteiger partial charge on any atom is 0.184 e. The van der Waals surface area contributed by atoms with Crippen molar-refractivity contribution in [3.05, 3.63) is 52.6 Å². The van der Waals surface area contributed by atoms with E-state index in [9.17, 15) is 8.42 Å². The highest BCUT2D eigenvalue weighted by Crippen LogP contribution is 2.21. The Morgan fingerprint density at radius 1 is 1.27 bits per heavy atom. The standard InChI is InChI=1S/C14H15N3O4S/c1-21-10-4-2-9(3-5-10)8-22(19,20)12-7-6-11(15)14(17-18)13(12)16/h2-7,16,18H,8,15H2,1H3/b16-13?,17-14-. The van der Waals surface area contributed by atoms with Gasteiger partial charge in [-0.15, -0.1) is 0 Å². The number of oxime groups is 1. The van der Waals surface area contributed by atoms with Crippen LogP contribution in [0, 0.1) is 5.41 Å². The molecule has 0 fully saturated rings. The molecule has 1 aromatic rings. The van der Waals surface area contributed by atoms with Gasteiger partial charge >= 0.3 is 0 Å². The van der Waals surface area contributed by atoms with Crippen LogP contribution < -0.4 is 10.5 Å². The smallest absolute Gasteiger partial charge is 0.184 e. The minimum atomic E-state index is -3.77. The molecule has 0 heterocycles. The Bertz CT molecular complexity index is 790. The average Bonchev–Trinajstić information content (AvgIpc) is 2.47. The van der Waals surface area contributed by atoms with Gasteiger partial charge in [-0.2, -0.15) is 0 Å². The molecule has 0 spiro atoms. The first-order valence-electron chi connectivity index (χ1n) is 6.24. The van der Waals surface area contributed by atoms with E-state index in [4.69, 9.17) is 21.1 Å². The summed E-state index contributed by atoms with van der Waals surface area (Å²) >= 11 is 0. The molecule has 0 aromatic heterocycles. The summed E-state index contributed by atoms with van der Waals surface area (Å²) in [6.07, 6.45) is 2.54. The molecule has 0 radical (unpaired) electrons. The summed E-state index contributed by atoms with van der Waals surface area (Å²) in [5.74, 6) is 0.341. The van der Waals surface area contributed by atoms with Gasteiger partial charge in [-0.1, -0.05) is 17.3 Å². The van der Waals surface area contributed by atoms with Crippen LogP contribution in [0.3, 0.4) is 0 Å². The number of nitrogens with two attached hydrogens (primary N) is 1. The third kappa shape index (κ3) is 3.01. The number of nitrogens with zero attached hydrogens (tertiary/aromatic N) is 1. The van der Waals surface area contributed by atoms with E-state index in [1.165, 1.54) is 19.3 Å². The van der Waals surface area contributed by atoms with Gasteiger partial charge in [0.25, 0.3) is 0 Å². The summed E-state index contributed by atoms with van der Waals surface area (Å²) in [6.45, 7) is 0. The highest BCUT2D eigenvalue weighted by molar-refractivity contribution is 7.95. The van der Waals surface area contributed by atoms with E-state index < -0.39 is 15.5 Å². The van der Waals surface area contributed by atoms with Crippen molar-refractivity contribution in [2.75, 3.05) is 7.11 Å². The molecule has 0 saturated heterocycles. The zero-order valence-corrected chi connectivity index (χ0v) is 12.6. The van der Waals surface area contributed by atoms with Crippen LogP contribution in [0.25, 0.3) is 0 Å². The Kier molecular flexibility index (Phi) is 4.32. The molecule has 0 saturated carbocycles. The quantitative estimate of drug-likeness (QED) is 0.436. The molecular formula is C14H15N3O4S. The molecule has 0 atom stereocenters. The average molecular weight is 321 g/mol. The minimum absolute atomic E-state index is 0.0379. The third-order valence-corrected chi connectivity index (χ3v) is 4.85. The molecule has 2 rings (SSSR count). The van der Waals surface area contributed by atoms with Crippen molar-refractivity contribution in [3.63, 3.8) is 0 Å². The molecule has 0 aliphatic heterocycles.